The molecule has 0 bridgehead atoms. The number of anilines is 1. The Morgan fingerprint density at radius 1 is 1.22 bits per heavy atom. The van der Waals surface area contributed by atoms with Crippen molar-refractivity contribution in [3.63, 3.8) is 0 Å². The van der Waals surface area contributed by atoms with Gasteiger partial charge in [0.05, 0.1) is 5.02 Å². The Morgan fingerprint density at radius 3 is 2.72 bits per heavy atom. The van der Waals surface area contributed by atoms with Crippen molar-refractivity contribution in [3.8, 4) is 0 Å². The van der Waals surface area contributed by atoms with Crippen molar-refractivity contribution in [1.29, 1.82) is 0 Å². The molecule has 2 aromatic rings. The van der Waals surface area contributed by atoms with Crippen LogP contribution in [0.15, 0.2) is 39.4 Å². The minimum Gasteiger partial charge on any atom is -0.365 e. The number of hydrogen-bond acceptors (Lipinski definition) is 2. The van der Waals surface area contributed by atoms with Gasteiger partial charge in [-0.05, 0) is 40.2 Å². The number of pyridine rings is 1. The zero-order valence-electron chi connectivity index (χ0n) is 9.05. The molecule has 1 N–H and O–H groups in total. The van der Waals surface area contributed by atoms with E-state index in [1.165, 1.54) is 6.07 Å². The van der Waals surface area contributed by atoms with E-state index in [1.54, 1.807) is 24.4 Å². The Kier molecular flexibility index (Phi) is 4.59. The van der Waals surface area contributed by atoms with Gasteiger partial charge in [-0.3, -0.25) is 0 Å². The Morgan fingerprint density at radius 2 is 2.00 bits per heavy atom. The Balaban J connectivity index is 2.13. The quantitative estimate of drug-likeness (QED) is 0.792. The number of aromatic nitrogens is 1. The van der Waals surface area contributed by atoms with Gasteiger partial charge in [0.2, 0.25) is 0 Å². The molecule has 6 heteroatoms. The maximum atomic E-state index is 13.5. The molecule has 2 nitrogen and oxygen atoms in total. The maximum absolute atomic E-state index is 13.5. The van der Waals surface area contributed by atoms with Crippen molar-refractivity contribution in [2.24, 2.45) is 0 Å². The Hall–Kier alpha value is -0.650. The first-order valence-electron chi connectivity index (χ1n) is 5.05. The predicted octanol–water partition coefficient (Wildman–Crippen LogP) is 5.01. The van der Waals surface area contributed by atoms with Gasteiger partial charge in [0, 0.05) is 27.3 Å². The molecule has 0 spiro atoms. The number of nitrogens with zero attached hydrogens (tertiary/aromatic N) is 1. The van der Waals surface area contributed by atoms with Crippen molar-refractivity contribution < 1.29 is 4.39 Å². The molecular formula is C12H8Br2ClFN2. The first-order valence-corrected chi connectivity index (χ1v) is 7.01. The summed E-state index contributed by atoms with van der Waals surface area (Å²) >= 11 is 12.6. The molecule has 0 fully saturated rings. The van der Waals surface area contributed by atoms with Crippen LogP contribution in [0.2, 0.25) is 5.02 Å². The third kappa shape index (κ3) is 3.43. The average Bonchev–Trinajstić information content (AvgIpc) is 2.32. The van der Waals surface area contributed by atoms with E-state index in [-0.39, 0.29) is 5.82 Å². The topological polar surface area (TPSA) is 24.9 Å². The number of benzene rings is 1. The first kappa shape index (κ1) is 13.8. The SMILES string of the molecule is Fc1ccc(Br)cc1CNc1ncc(Br)cc1Cl. The lowest BCUT2D eigenvalue weighted by atomic mass is 10.2. The molecule has 0 amide bonds. The molecule has 0 saturated heterocycles. The van der Waals surface area contributed by atoms with Crippen LogP contribution in [0.5, 0.6) is 0 Å². The summed E-state index contributed by atoms with van der Waals surface area (Å²) in [7, 11) is 0. The summed E-state index contributed by atoms with van der Waals surface area (Å²) in [5.41, 5.74) is 0.546. The highest BCUT2D eigenvalue weighted by Crippen LogP contribution is 2.24. The minimum absolute atomic E-state index is 0.265. The minimum atomic E-state index is -0.265. The van der Waals surface area contributed by atoms with E-state index in [4.69, 9.17) is 11.6 Å². The third-order valence-corrected chi connectivity index (χ3v) is 3.48. The molecule has 94 valence electrons. The molecule has 0 radical (unpaired) electrons. The molecule has 2 rings (SSSR count). The second-order valence-electron chi connectivity index (χ2n) is 3.57. The lowest BCUT2D eigenvalue weighted by molar-refractivity contribution is 0.612. The molecule has 0 saturated carbocycles. The smallest absolute Gasteiger partial charge is 0.145 e. The van der Waals surface area contributed by atoms with Crippen LogP contribution in [0.25, 0.3) is 0 Å². The van der Waals surface area contributed by atoms with E-state index in [1.807, 2.05) is 0 Å². The standard InChI is InChI=1S/C12H8Br2ClFN2/c13-8-1-2-11(16)7(3-8)5-17-12-10(15)4-9(14)6-18-12/h1-4,6H,5H2,(H,17,18). The van der Waals surface area contributed by atoms with Crippen LogP contribution < -0.4 is 5.32 Å². The zero-order chi connectivity index (χ0) is 13.1. The molecule has 0 atom stereocenters. The number of rotatable bonds is 3. The van der Waals surface area contributed by atoms with Crippen LogP contribution in [0.4, 0.5) is 10.2 Å². The van der Waals surface area contributed by atoms with Crippen LogP contribution >= 0.6 is 43.5 Å². The highest BCUT2D eigenvalue weighted by Gasteiger charge is 2.06. The average molecular weight is 394 g/mol. The number of hydrogen-bond donors (Lipinski definition) is 1. The number of halogens is 4. The second-order valence-corrected chi connectivity index (χ2v) is 5.81. The van der Waals surface area contributed by atoms with Crippen LogP contribution in [-0.4, -0.2) is 4.98 Å². The highest BCUT2D eigenvalue weighted by atomic mass is 79.9. The third-order valence-electron chi connectivity index (χ3n) is 2.26. The van der Waals surface area contributed by atoms with Gasteiger partial charge in [0.15, 0.2) is 0 Å². The summed E-state index contributed by atoms with van der Waals surface area (Å²) in [4.78, 5) is 4.12. The lowest BCUT2D eigenvalue weighted by Gasteiger charge is -2.08. The van der Waals surface area contributed by atoms with Crippen molar-refractivity contribution in [2.75, 3.05) is 5.32 Å². The molecular weight excluding hydrogens is 386 g/mol. The monoisotopic (exact) mass is 392 g/mol. The van der Waals surface area contributed by atoms with Crippen molar-refractivity contribution in [1.82, 2.24) is 4.98 Å². The van der Waals surface area contributed by atoms with Crippen molar-refractivity contribution in [2.45, 2.75) is 6.54 Å². The Bertz CT molecular complexity index is 578. The van der Waals surface area contributed by atoms with Crippen LogP contribution in [0.1, 0.15) is 5.56 Å². The van der Waals surface area contributed by atoms with Gasteiger partial charge in [-0.15, -0.1) is 0 Å². The summed E-state index contributed by atoms with van der Waals surface area (Å²) in [5.74, 6) is 0.262. The van der Waals surface area contributed by atoms with E-state index in [9.17, 15) is 4.39 Å². The van der Waals surface area contributed by atoms with Gasteiger partial charge >= 0.3 is 0 Å². The van der Waals surface area contributed by atoms with Crippen molar-refractivity contribution >= 4 is 49.3 Å². The normalized spacial score (nSPS) is 10.4. The molecule has 0 aliphatic heterocycles. The molecule has 1 heterocycles. The molecule has 1 aromatic carbocycles. The van der Waals surface area contributed by atoms with Crippen LogP contribution in [-0.2, 0) is 6.54 Å². The van der Waals surface area contributed by atoms with Crippen LogP contribution in [0.3, 0.4) is 0 Å². The fraction of sp³-hybridized carbons (Fsp3) is 0.0833. The summed E-state index contributed by atoms with van der Waals surface area (Å²) < 4.78 is 15.1. The Labute approximate surface area is 126 Å². The van der Waals surface area contributed by atoms with Gasteiger partial charge in [0.1, 0.15) is 11.6 Å². The first-order chi connectivity index (χ1) is 8.56. The molecule has 1 aromatic heterocycles. The summed E-state index contributed by atoms with van der Waals surface area (Å²) in [6.45, 7) is 0.319. The van der Waals surface area contributed by atoms with E-state index in [2.05, 4.69) is 42.2 Å². The molecule has 0 unspecified atom stereocenters. The van der Waals surface area contributed by atoms with E-state index < -0.39 is 0 Å². The summed E-state index contributed by atoms with van der Waals surface area (Å²) in [5, 5.41) is 3.49. The van der Waals surface area contributed by atoms with Gasteiger partial charge < -0.3 is 5.32 Å². The summed E-state index contributed by atoms with van der Waals surface area (Å²) in [6, 6.07) is 6.52. The molecule has 18 heavy (non-hydrogen) atoms. The van der Waals surface area contributed by atoms with E-state index >= 15 is 0 Å². The largest absolute Gasteiger partial charge is 0.365 e. The van der Waals surface area contributed by atoms with E-state index in [0.717, 1.165) is 8.95 Å². The molecule has 0 aliphatic rings. The van der Waals surface area contributed by atoms with Gasteiger partial charge in [-0.2, -0.15) is 0 Å². The predicted molar refractivity (Wildman–Crippen MR) is 78.4 cm³/mol. The maximum Gasteiger partial charge on any atom is 0.145 e. The highest BCUT2D eigenvalue weighted by molar-refractivity contribution is 9.10. The fourth-order valence-corrected chi connectivity index (χ4v) is 2.51. The fourth-order valence-electron chi connectivity index (χ4n) is 1.40. The van der Waals surface area contributed by atoms with Crippen LogP contribution in [0, 0.1) is 5.82 Å². The van der Waals surface area contributed by atoms with Gasteiger partial charge in [-0.1, -0.05) is 27.5 Å². The van der Waals surface area contributed by atoms with E-state index in [0.29, 0.717) is 22.9 Å². The number of nitrogens with one attached hydrogen (secondary N) is 1. The summed E-state index contributed by atoms with van der Waals surface area (Å²) in [6.07, 6.45) is 1.63. The zero-order valence-corrected chi connectivity index (χ0v) is 13.0. The van der Waals surface area contributed by atoms with Gasteiger partial charge in [0.25, 0.3) is 0 Å². The molecule has 0 aliphatic carbocycles. The second kappa shape index (κ2) is 5.99. The van der Waals surface area contributed by atoms with Gasteiger partial charge in [-0.25, -0.2) is 9.37 Å². The lowest BCUT2D eigenvalue weighted by Crippen LogP contribution is -2.03. The van der Waals surface area contributed by atoms with Crippen molar-refractivity contribution in [3.05, 3.63) is 55.8 Å².